The average Bonchev–Trinajstić information content (AvgIpc) is 2.02. The second-order valence-corrected chi connectivity index (χ2v) is 2.76. The lowest BCUT2D eigenvalue weighted by Gasteiger charge is -1.97. The van der Waals surface area contributed by atoms with Crippen LogP contribution in [0.4, 0.5) is 4.39 Å². The zero-order valence-electron chi connectivity index (χ0n) is 7.25. The van der Waals surface area contributed by atoms with Crippen LogP contribution in [0.25, 0.3) is 6.08 Å². The Morgan fingerprint density at radius 2 is 2.23 bits per heavy atom. The molecule has 0 saturated heterocycles. The molecule has 2 nitrogen and oxygen atoms in total. The summed E-state index contributed by atoms with van der Waals surface area (Å²) in [5.74, 6) is -0.933. The number of aryl methyl sites for hydroxylation is 1. The number of rotatable bonds is 2. The molecule has 1 aromatic carbocycles. The van der Waals surface area contributed by atoms with Crippen molar-refractivity contribution in [2.75, 3.05) is 0 Å². The first-order chi connectivity index (χ1) is 6.09. The standard InChI is InChI=1S/C10H10FNO/c1-7-2-3-8(9(11)6-7)4-5-10(12)13/h2-6H,1H3,(H2,12,13)/b5-4+. The Bertz CT molecular complexity index is 358. The van der Waals surface area contributed by atoms with Crippen molar-refractivity contribution in [3.63, 3.8) is 0 Å². The minimum absolute atomic E-state index is 0.350. The van der Waals surface area contributed by atoms with Gasteiger partial charge in [-0.15, -0.1) is 0 Å². The van der Waals surface area contributed by atoms with Crippen molar-refractivity contribution < 1.29 is 9.18 Å². The fourth-order valence-electron chi connectivity index (χ4n) is 0.939. The van der Waals surface area contributed by atoms with Crippen molar-refractivity contribution in [3.8, 4) is 0 Å². The summed E-state index contributed by atoms with van der Waals surface area (Å²) in [7, 11) is 0. The molecule has 1 amide bonds. The van der Waals surface area contributed by atoms with E-state index in [-0.39, 0.29) is 5.82 Å². The quantitative estimate of drug-likeness (QED) is 0.689. The number of nitrogens with two attached hydrogens (primary N) is 1. The normalized spacial score (nSPS) is 10.6. The molecule has 0 saturated carbocycles. The predicted molar refractivity (Wildman–Crippen MR) is 49.4 cm³/mol. The zero-order chi connectivity index (χ0) is 9.84. The maximum Gasteiger partial charge on any atom is 0.241 e. The molecule has 2 N–H and O–H groups in total. The third-order valence-electron chi connectivity index (χ3n) is 1.58. The van der Waals surface area contributed by atoms with Crippen LogP contribution in [-0.4, -0.2) is 5.91 Å². The van der Waals surface area contributed by atoms with Gasteiger partial charge in [0.15, 0.2) is 0 Å². The van der Waals surface area contributed by atoms with E-state index < -0.39 is 5.91 Å². The molecule has 0 heterocycles. The van der Waals surface area contributed by atoms with E-state index in [2.05, 4.69) is 0 Å². The van der Waals surface area contributed by atoms with Crippen molar-refractivity contribution in [2.24, 2.45) is 5.73 Å². The Kier molecular flexibility index (Phi) is 2.80. The molecule has 0 aliphatic carbocycles. The molecule has 0 aliphatic heterocycles. The summed E-state index contributed by atoms with van der Waals surface area (Å²) in [6.07, 6.45) is 2.49. The lowest BCUT2D eigenvalue weighted by atomic mass is 10.1. The van der Waals surface area contributed by atoms with Gasteiger partial charge < -0.3 is 5.73 Å². The maximum absolute atomic E-state index is 13.1. The number of primary amides is 1. The van der Waals surface area contributed by atoms with E-state index in [4.69, 9.17) is 5.73 Å². The van der Waals surface area contributed by atoms with Crippen molar-refractivity contribution in [3.05, 3.63) is 41.2 Å². The minimum Gasteiger partial charge on any atom is -0.366 e. The van der Waals surface area contributed by atoms with Gasteiger partial charge in [-0.25, -0.2) is 4.39 Å². The van der Waals surface area contributed by atoms with Gasteiger partial charge in [0, 0.05) is 11.6 Å². The predicted octanol–water partition coefficient (Wildman–Crippen LogP) is 1.63. The molecule has 0 spiro atoms. The minimum atomic E-state index is -0.583. The summed E-state index contributed by atoms with van der Waals surface area (Å²) in [6, 6.07) is 4.77. The lowest BCUT2D eigenvalue weighted by Crippen LogP contribution is -2.05. The summed E-state index contributed by atoms with van der Waals surface area (Å²) in [4.78, 5) is 10.4. The first kappa shape index (κ1) is 9.45. The smallest absolute Gasteiger partial charge is 0.241 e. The molecule has 13 heavy (non-hydrogen) atoms. The van der Waals surface area contributed by atoms with Gasteiger partial charge in [-0.05, 0) is 24.6 Å². The van der Waals surface area contributed by atoms with E-state index >= 15 is 0 Å². The van der Waals surface area contributed by atoms with Crippen LogP contribution in [0.15, 0.2) is 24.3 Å². The van der Waals surface area contributed by atoms with Crippen LogP contribution in [0.3, 0.4) is 0 Å². The fourth-order valence-corrected chi connectivity index (χ4v) is 0.939. The number of benzene rings is 1. The van der Waals surface area contributed by atoms with Crippen LogP contribution in [-0.2, 0) is 4.79 Å². The van der Waals surface area contributed by atoms with Gasteiger partial charge >= 0.3 is 0 Å². The fraction of sp³-hybridized carbons (Fsp3) is 0.100. The zero-order valence-corrected chi connectivity index (χ0v) is 7.25. The summed E-state index contributed by atoms with van der Waals surface area (Å²) in [5, 5.41) is 0. The van der Waals surface area contributed by atoms with Crippen LogP contribution in [0.2, 0.25) is 0 Å². The highest BCUT2D eigenvalue weighted by atomic mass is 19.1. The van der Waals surface area contributed by atoms with Crippen LogP contribution in [0.5, 0.6) is 0 Å². The molecule has 0 bridgehead atoms. The maximum atomic E-state index is 13.1. The van der Waals surface area contributed by atoms with E-state index in [0.717, 1.165) is 11.6 Å². The molecule has 0 radical (unpaired) electrons. The van der Waals surface area contributed by atoms with Crippen LogP contribution in [0.1, 0.15) is 11.1 Å². The van der Waals surface area contributed by atoms with Crippen LogP contribution < -0.4 is 5.73 Å². The molecule has 0 fully saturated rings. The lowest BCUT2D eigenvalue weighted by molar-refractivity contribution is -0.113. The van der Waals surface area contributed by atoms with Gasteiger partial charge in [-0.1, -0.05) is 12.1 Å². The Hall–Kier alpha value is -1.64. The Balaban J connectivity index is 2.96. The van der Waals surface area contributed by atoms with E-state index in [1.54, 1.807) is 19.1 Å². The van der Waals surface area contributed by atoms with Crippen molar-refractivity contribution in [1.82, 2.24) is 0 Å². The number of halogens is 1. The van der Waals surface area contributed by atoms with Gasteiger partial charge in [0.2, 0.25) is 5.91 Å². The van der Waals surface area contributed by atoms with Gasteiger partial charge in [0.05, 0.1) is 0 Å². The number of hydrogen-bond acceptors (Lipinski definition) is 1. The molecule has 0 atom stereocenters. The number of carbonyl (C=O) groups excluding carboxylic acids is 1. The van der Waals surface area contributed by atoms with Crippen molar-refractivity contribution in [2.45, 2.75) is 6.92 Å². The van der Waals surface area contributed by atoms with Gasteiger partial charge in [-0.2, -0.15) is 0 Å². The molecule has 0 aromatic heterocycles. The highest BCUT2D eigenvalue weighted by Crippen LogP contribution is 2.10. The summed E-state index contributed by atoms with van der Waals surface area (Å²) in [5.41, 5.74) is 6.08. The molecular weight excluding hydrogens is 169 g/mol. The van der Waals surface area contributed by atoms with Gasteiger partial charge in [-0.3, -0.25) is 4.79 Å². The summed E-state index contributed by atoms with van der Waals surface area (Å²) in [6.45, 7) is 1.80. The monoisotopic (exact) mass is 179 g/mol. The van der Waals surface area contributed by atoms with Crippen LogP contribution >= 0.6 is 0 Å². The number of hydrogen-bond donors (Lipinski definition) is 1. The Labute approximate surface area is 75.9 Å². The number of carbonyl (C=O) groups is 1. The second kappa shape index (κ2) is 3.85. The SMILES string of the molecule is Cc1ccc(/C=C/C(N)=O)c(F)c1. The molecular formula is C10H10FNO. The average molecular weight is 179 g/mol. The van der Waals surface area contributed by atoms with E-state index in [1.165, 1.54) is 12.1 Å². The molecule has 68 valence electrons. The molecule has 1 rings (SSSR count). The summed E-state index contributed by atoms with van der Waals surface area (Å²) < 4.78 is 13.1. The molecule has 1 aromatic rings. The molecule has 3 heteroatoms. The second-order valence-electron chi connectivity index (χ2n) is 2.76. The third kappa shape index (κ3) is 2.71. The first-order valence-corrected chi connectivity index (χ1v) is 3.83. The van der Waals surface area contributed by atoms with Gasteiger partial charge in [0.1, 0.15) is 5.82 Å². The highest BCUT2D eigenvalue weighted by molar-refractivity contribution is 5.90. The van der Waals surface area contributed by atoms with Crippen LogP contribution in [0, 0.1) is 12.7 Å². The van der Waals surface area contributed by atoms with Crippen molar-refractivity contribution in [1.29, 1.82) is 0 Å². The highest BCUT2D eigenvalue weighted by Gasteiger charge is 1.97. The Morgan fingerprint density at radius 3 is 2.77 bits per heavy atom. The first-order valence-electron chi connectivity index (χ1n) is 3.83. The van der Waals surface area contributed by atoms with E-state index in [9.17, 15) is 9.18 Å². The largest absolute Gasteiger partial charge is 0.366 e. The van der Waals surface area contributed by atoms with Crippen molar-refractivity contribution >= 4 is 12.0 Å². The molecule has 0 aliphatic rings. The van der Waals surface area contributed by atoms with Gasteiger partial charge in [0.25, 0.3) is 0 Å². The molecule has 0 unspecified atom stereocenters. The summed E-state index contributed by atoms with van der Waals surface area (Å²) >= 11 is 0. The third-order valence-corrected chi connectivity index (χ3v) is 1.58. The topological polar surface area (TPSA) is 43.1 Å². The van der Waals surface area contributed by atoms with E-state index in [1.807, 2.05) is 0 Å². The number of amides is 1. The van der Waals surface area contributed by atoms with E-state index in [0.29, 0.717) is 5.56 Å². The Morgan fingerprint density at radius 1 is 1.54 bits per heavy atom.